The van der Waals surface area contributed by atoms with Crippen LogP contribution in [0.25, 0.3) is 22.2 Å². The van der Waals surface area contributed by atoms with E-state index < -0.39 is 0 Å². The molecule has 0 atom stereocenters. The van der Waals surface area contributed by atoms with E-state index in [2.05, 4.69) is 65.5 Å². The van der Waals surface area contributed by atoms with Crippen LogP contribution in [0.4, 0.5) is 0 Å². The van der Waals surface area contributed by atoms with Crippen LogP contribution < -0.4 is 11.2 Å². The van der Waals surface area contributed by atoms with Gasteiger partial charge in [-0.05, 0) is 30.8 Å². The molecular weight excluding hydrogens is 304 g/mol. The summed E-state index contributed by atoms with van der Waals surface area (Å²) < 4.78 is 2.18. The van der Waals surface area contributed by atoms with E-state index in [4.69, 9.17) is 18.0 Å². The van der Waals surface area contributed by atoms with Crippen LogP contribution >= 0.6 is 12.2 Å². The van der Waals surface area contributed by atoms with Crippen molar-refractivity contribution in [2.45, 2.75) is 6.92 Å². The molecule has 0 saturated carbocycles. The number of para-hydroxylation sites is 1. The second-order valence-corrected chi connectivity index (χ2v) is 5.88. The van der Waals surface area contributed by atoms with Gasteiger partial charge in [0, 0.05) is 23.5 Å². The molecule has 3 rings (SSSR count). The van der Waals surface area contributed by atoms with E-state index in [-0.39, 0.29) is 5.11 Å². The number of hydrogen-bond donors (Lipinski definition) is 2. The highest BCUT2D eigenvalue weighted by atomic mass is 32.1. The Morgan fingerprint density at radius 1 is 1.17 bits per heavy atom. The first-order chi connectivity index (χ1) is 11.1. The van der Waals surface area contributed by atoms with Crippen LogP contribution in [0.5, 0.6) is 0 Å². The van der Waals surface area contributed by atoms with E-state index in [1.165, 1.54) is 5.56 Å². The molecule has 0 saturated heterocycles. The summed E-state index contributed by atoms with van der Waals surface area (Å²) in [6.45, 7) is 2.08. The molecule has 0 amide bonds. The summed E-state index contributed by atoms with van der Waals surface area (Å²) in [7, 11) is 2.07. The predicted molar refractivity (Wildman–Crippen MR) is 101 cm³/mol. The number of fused-ring (bicyclic) bond motifs is 1. The molecule has 5 heteroatoms. The van der Waals surface area contributed by atoms with E-state index in [1.807, 2.05) is 12.1 Å². The highest BCUT2D eigenvalue weighted by molar-refractivity contribution is 7.80. The van der Waals surface area contributed by atoms with Crippen molar-refractivity contribution in [3.63, 3.8) is 0 Å². The largest absolute Gasteiger partial charge is 0.375 e. The number of thiocarbonyl (C=S) groups is 1. The fourth-order valence-corrected chi connectivity index (χ4v) is 2.83. The second-order valence-electron chi connectivity index (χ2n) is 5.44. The maximum atomic E-state index is 5.44. The lowest BCUT2D eigenvalue weighted by atomic mass is 10.0. The average Bonchev–Trinajstić information content (AvgIpc) is 2.81. The zero-order valence-electron chi connectivity index (χ0n) is 13.1. The zero-order chi connectivity index (χ0) is 16.4. The van der Waals surface area contributed by atoms with Gasteiger partial charge in [-0.2, -0.15) is 5.10 Å². The van der Waals surface area contributed by atoms with E-state index >= 15 is 0 Å². The van der Waals surface area contributed by atoms with Gasteiger partial charge in [0.25, 0.3) is 0 Å². The Balaban J connectivity index is 2.22. The molecule has 3 aromatic rings. The third kappa shape index (κ3) is 2.96. The van der Waals surface area contributed by atoms with Crippen molar-refractivity contribution in [3.8, 4) is 11.3 Å². The molecule has 0 aliphatic rings. The summed E-state index contributed by atoms with van der Waals surface area (Å²) in [5.41, 5.74) is 13.7. The Labute approximate surface area is 140 Å². The minimum absolute atomic E-state index is 0.151. The highest BCUT2D eigenvalue weighted by Crippen LogP contribution is 2.32. The molecule has 116 valence electrons. The lowest BCUT2D eigenvalue weighted by Crippen LogP contribution is -2.24. The van der Waals surface area contributed by atoms with Crippen molar-refractivity contribution >= 4 is 34.4 Å². The molecular formula is C18H18N4S. The van der Waals surface area contributed by atoms with Gasteiger partial charge in [-0.3, -0.25) is 5.43 Å². The van der Waals surface area contributed by atoms with Crippen LogP contribution in [0.2, 0.25) is 0 Å². The van der Waals surface area contributed by atoms with Gasteiger partial charge in [0.15, 0.2) is 5.11 Å². The Morgan fingerprint density at radius 3 is 2.57 bits per heavy atom. The third-order valence-corrected chi connectivity index (χ3v) is 3.93. The topological polar surface area (TPSA) is 55.3 Å². The fourth-order valence-electron chi connectivity index (χ4n) is 2.77. The first-order valence-corrected chi connectivity index (χ1v) is 7.71. The molecule has 4 nitrogen and oxygen atoms in total. The molecule has 1 heterocycles. The number of aromatic nitrogens is 1. The van der Waals surface area contributed by atoms with Gasteiger partial charge in [0.1, 0.15) is 0 Å². The quantitative estimate of drug-likeness (QED) is 0.442. The Morgan fingerprint density at radius 2 is 1.87 bits per heavy atom. The molecule has 23 heavy (non-hydrogen) atoms. The third-order valence-electron chi connectivity index (χ3n) is 3.84. The number of rotatable bonds is 3. The normalized spacial score (nSPS) is 11.2. The summed E-state index contributed by atoms with van der Waals surface area (Å²) in [4.78, 5) is 0. The first kappa shape index (κ1) is 15.2. The van der Waals surface area contributed by atoms with E-state index in [1.54, 1.807) is 6.21 Å². The van der Waals surface area contributed by atoms with Gasteiger partial charge in [-0.15, -0.1) is 0 Å². The van der Waals surface area contributed by atoms with Gasteiger partial charge in [0.2, 0.25) is 0 Å². The second kappa shape index (κ2) is 6.22. The molecule has 2 aromatic carbocycles. The lowest BCUT2D eigenvalue weighted by molar-refractivity contribution is 0.976. The number of aryl methyl sites for hydroxylation is 2. The molecule has 1 aromatic heterocycles. The average molecular weight is 322 g/mol. The zero-order valence-corrected chi connectivity index (χ0v) is 13.9. The smallest absolute Gasteiger partial charge is 0.184 e. The summed E-state index contributed by atoms with van der Waals surface area (Å²) in [5.74, 6) is 0. The number of nitrogens with two attached hydrogens (primary N) is 1. The van der Waals surface area contributed by atoms with E-state index in [0.717, 1.165) is 27.7 Å². The Hall–Kier alpha value is -2.66. The van der Waals surface area contributed by atoms with Crippen LogP contribution in [0.15, 0.2) is 53.6 Å². The maximum absolute atomic E-state index is 5.44. The van der Waals surface area contributed by atoms with Crippen molar-refractivity contribution in [2.24, 2.45) is 17.9 Å². The lowest BCUT2D eigenvalue weighted by Gasteiger charge is -2.07. The van der Waals surface area contributed by atoms with Gasteiger partial charge >= 0.3 is 0 Å². The van der Waals surface area contributed by atoms with E-state index in [0.29, 0.717) is 0 Å². The van der Waals surface area contributed by atoms with Crippen molar-refractivity contribution in [2.75, 3.05) is 0 Å². The summed E-state index contributed by atoms with van der Waals surface area (Å²) >= 11 is 4.80. The number of hydrogen-bond acceptors (Lipinski definition) is 2. The van der Waals surface area contributed by atoms with Crippen LogP contribution in [-0.2, 0) is 7.05 Å². The highest BCUT2D eigenvalue weighted by Gasteiger charge is 2.14. The molecule has 0 radical (unpaired) electrons. The monoisotopic (exact) mass is 322 g/mol. The first-order valence-electron chi connectivity index (χ1n) is 7.31. The van der Waals surface area contributed by atoms with Crippen LogP contribution in [-0.4, -0.2) is 15.9 Å². The van der Waals surface area contributed by atoms with Crippen LogP contribution in [0, 0.1) is 6.92 Å². The molecule has 0 unspecified atom stereocenters. The van der Waals surface area contributed by atoms with Crippen LogP contribution in [0.3, 0.4) is 0 Å². The predicted octanol–water partition coefficient (Wildman–Crippen LogP) is 3.32. The summed E-state index contributed by atoms with van der Waals surface area (Å²) in [5, 5.41) is 5.44. The SMILES string of the molecule is Cc1ccc(-c2c(/C=N/NC(N)=S)c3ccccc3n2C)cc1. The van der Waals surface area contributed by atoms with E-state index in [9.17, 15) is 0 Å². The molecule has 0 bridgehead atoms. The molecule has 0 spiro atoms. The molecule has 0 aliphatic heterocycles. The number of nitrogens with one attached hydrogen (secondary N) is 1. The molecule has 3 N–H and O–H groups in total. The van der Waals surface area contributed by atoms with Gasteiger partial charge < -0.3 is 10.3 Å². The molecule has 0 aliphatic carbocycles. The number of nitrogens with zero attached hydrogens (tertiary/aromatic N) is 2. The molecule has 0 fully saturated rings. The van der Waals surface area contributed by atoms with Crippen molar-refractivity contribution in [1.29, 1.82) is 0 Å². The number of hydrazone groups is 1. The minimum atomic E-state index is 0.151. The van der Waals surface area contributed by atoms with Gasteiger partial charge in [-0.25, -0.2) is 0 Å². The van der Waals surface area contributed by atoms with Gasteiger partial charge in [-0.1, -0.05) is 48.0 Å². The Kier molecular flexibility index (Phi) is 4.12. The van der Waals surface area contributed by atoms with Crippen molar-refractivity contribution < 1.29 is 0 Å². The fraction of sp³-hybridized carbons (Fsp3) is 0.111. The Bertz CT molecular complexity index is 891. The van der Waals surface area contributed by atoms with Crippen LogP contribution in [0.1, 0.15) is 11.1 Å². The summed E-state index contributed by atoms with van der Waals surface area (Å²) in [6.07, 6.45) is 1.77. The summed E-state index contributed by atoms with van der Waals surface area (Å²) in [6, 6.07) is 16.7. The maximum Gasteiger partial charge on any atom is 0.184 e. The standard InChI is InChI=1S/C18H18N4S/c1-12-7-9-13(10-8-12)17-15(11-20-21-18(19)23)14-5-3-4-6-16(14)22(17)2/h3-11H,1-2H3,(H3,19,21,23)/b20-11+. The minimum Gasteiger partial charge on any atom is -0.375 e. The van der Waals surface area contributed by atoms with Gasteiger partial charge in [0.05, 0.1) is 11.9 Å². The van der Waals surface area contributed by atoms with Crippen molar-refractivity contribution in [1.82, 2.24) is 9.99 Å². The van der Waals surface area contributed by atoms with Crippen molar-refractivity contribution in [3.05, 3.63) is 59.7 Å². The number of benzene rings is 2.